The van der Waals surface area contributed by atoms with E-state index in [1.165, 1.54) is 18.2 Å². The number of aromatic nitrogens is 2. The zero-order chi connectivity index (χ0) is 25.0. The third kappa shape index (κ3) is 6.07. The summed E-state index contributed by atoms with van der Waals surface area (Å²) >= 11 is 6.23. The van der Waals surface area contributed by atoms with Crippen LogP contribution in [0.25, 0.3) is 11.3 Å². The van der Waals surface area contributed by atoms with Crippen molar-refractivity contribution in [1.82, 2.24) is 15.1 Å². The van der Waals surface area contributed by atoms with Gasteiger partial charge >= 0.3 is 6.36 Å². The molecule has 2 heterocycles. The van der Waals surface area contributed by atoms with Crippen LogP contribution in [0.1, 0.15) is 41.5 Å². The van der Waals surface area contributed by atoms with E-state index in [9.17, 15) is 18.0 Å². The van der Waals surface area contributed by atoms with Gasteiger partial charge in [-0.1, -0.05) is 23.7 Å². The number of benzene rings is 2. The quantitative estimate of drug-likeness (QED) is 0.439. The smallest absolute Gasteiger partial charge is 0.496 e. The van der Waals surface area contributed by atoms with Crippen molar-refractivity contribution in [2.75, 3.05) is 13.7 Å². The molecule has 0 bridgehead atoms. The third-order valence-electron chi connectivity index (χ3n) is 5.44. The van der Waals surface area contributed by atoms with E-state index in [2.05, 4.69) is 15.2 Å². The van der Waals surface area contributed by atoms with E-state index in [-0.39, 0.29) is 18.3 Å². The van der Waals surface area contributed by atoms with Gasteiger partial charge in [0.2, 0.25) is 0 Å². The second-order valence-corrected chi connectivity index (χ2v) is 8.29. The highest BCUT2D eigenvalue weighted by Crippen LogP contribution is 2.36. The van der Waals surface area contributed by atoms with Crippen molar-refractivity contribution in [1.29, 1.82) is 0 Å². The molecule has 11 heteroatoms. The highest BCUT2D eigenvalue weighted by Gasteiger charge is 2.33. The molecule has 7 nitrogen and oxygen atoms in total. The molecule has 3 aromatic rings. The van der Waals surface area contributed by atoms with Gasteiger partial charge in [-0.15, -0.1) is 13.2 Å². The van der Waals surface area contributed by atoms with E-state index >= 15 is 0 Å². The maximum atomic E-state index is 12.7. The number of nitrogens with zero attached hydrogens (tertiary/aromatic N) is 2. The Bertz CT molecular complexity index is 1190. The number of carbonyl (C=O) groups is 1. The molecule has 4 rings (SSSR count). The molecule has 0 aliphatic carbocycles. The fourth-order valence-electron chi connectivity index (χ4n) is 3.88. The fourth-order valence-corrected chi connectivity index (χ4v) is 4.06. The molecule has 1 aromatic heterocycles. The monoisotopic (exact) mass is 509 g/mol. The van der Waals surface area contributed by atoms with Crippen LogP contribution < -0.4 is 14.8 Å². The lowest BCUT2D eigenvalue weighted by Crippen LogP contribution is -2.26. The van der Waals surface area contributed by atoms with E-state index in [0.717, 1.165) is 25.3 Å². The summed E-state index contributed by atoms with van der Waals surface area (Å²) in [5.74, 6) is -0.724. The standard InChI is InChI=1S/C24H23ClF3N3O4/c1-33-20-10-9-15(25)12-18(20)19-13-16(30-31(19)22-8-4-5-11-34-22)14-29-23(32)17-6-2-3-7-21(17)35-24(26,27)28/h2-3,6-7,9-10,12-13,22H,4-5,8,11,14H2,1H3,(H,29,32). The molecule has 1 N–H and O–H groups in total. The summed E-state index contributed by atoms with van der Waals surface area (Å²) in [7, 11) is 1.55. The first-order chi connectivity index (χ1) is 16.7. The molecule has 1 atom stereocenters. The molecule has 0 spiro atoms. The summed E-state index contributed by atoms with van der Waals surface area (Å²) in [6, 6.07) is 12.1. The van der Waals surface area contributed by atoms with Gasteiger partial charge in [0.05, 0.1) is 30.6 Å². The Kier molecular flexibility index (Phi) is 7.51. The molecule has 0 saturated carbocycles. The van der Waals surface area contributed by atoms with Crippen molar-refractivity contribution in [3.63, 3.8) is 0 Å². The number of hydrogen-bond donors (Lipinski definition) is 1. The van der Waals surface area contributed by atoms with Crippen LogP contribution in [0.3, 0.4) is 0 Å². The van der Waals surface area contributed by atoms with Crippen molar-refractivity contribution < 1.29 is 32.2 Å². The summed E-state index contributed by atoms with van der Waals surface area (Å²) in [5.41, 5.74) is 1.62. The SMILES string of the molecule is COc1ccc(Cl)cc1-c1cc(CNC(=O)c2ccccc2OC(F)(F)F)nn1C1CCCCO1. The Labute approximate surface area is 204 Å². The Morgan fingerprint density at radius 1 is 1.20 bits per heavy atom. The molecule has 1 aliphatic heterocycles. The fraction of sp³-hybridized carbons (Fsp3) is 0.333. The van der Waals surface area contributed by atoms with Crippen LogP contribution in [0, 0.1) is 0 Å². The molecular formula is C24H23ClF3N3O4. The summed E-state index contributed by atoms with van der Waals surface area (Å²) < 4.78 is 55.3. The molecule has 0 radical (unpaired) electrons. The largest absolute Gasteiger partial charge is 0.573 e. The Morgan fingerprint density at radius 3 is 2.71 bits per heavy atom. The van der Waals surface area contributed by atoms with Gasteiger partial charge < -0.3 is 19.5 Å². The summed E-state index contributed by atoms with van der Waals surface area (Å²) in [4.78, 5) is 12.7. The number of ether oxygens (including phenoxy) is 3. The van der Waals surface area contributed by atoms with Crippen molar-refractivity contribution in [3.8, 4) is 22.8 Å². The van der Waals surface area contributed by atoms with Crippen molar-refractivity contribution in [3.05, 3.63) is 64.8 Å². The van der Waals surface area contributed by atoms with E-state index in [1.807, 2.05) is 0 Å². The number of halogens is 4. The van der Waals surface area contributed by atoms with Gasteiger partial charge in [0.15, 0.2) is 6.23 Å². The summed E-state index contributed by atoms with van der Waals surface area (Å²) in [6.45, 7) is 0.563. The van der Waals surface area contributed by atoms with Gasteiger partial charge in [0, 0.05) is 17.2 Å². The number of carbonyl (C=O) groups excluding carboxylic acids is 1. The molecule has 1 saturated heterocycles. The number of nitrogens with one attached hydrogen (secondary N) is 1. The van der Waals surface area contributed by atoms with Crippen molar-refractivity contribution in [2.45, 2.75) is 38.4 Å². The molecule has 1 aliphatic rings. The number of para-hydroxylation sites is 1. The molecule has 1 amide bonds. The zero-order valence-corrected chi connectivity index (χ0v) is 19.5. The van der Waals surface area contributed by atoms with Crippen molar-refractivity contribution in [2.24, 2.45) is 0 Å². The van der Waals surface area contributed by atoms with Gasteiger partial charge in [-0.05, 0) is 55.7 Å². The van der Waals surface area contributed by atoms with Crippen LogP contribution in [0.2, 0.25) is 5.02 Å². The molecule has 2 aromatic carbocycles. The van der Waals surface area contributed by atoms with Crippen LogP contribution in [0.15, 0.2) is 48.5 Å². The van der Waals surface area contributed by atoms with Crippen molar-refractivity contribution >= 4 is 17.5 Å². The molecular weight excluding hydrogens is 487 g/mol. The van der Waals surface area contributed by atoms with Gasteiger partial charge in [0.1, 0.15) is 11.5 Å². The maximum Gasteiger partial charge on any atom is 0.573 e. The number of amides is 1. The summed E-state index contributed by atoms with van der Waals surface area (Å²) in [5, 5.41) is 7.75. The lowest BCUT2D eigenvalue weighted by atomic mass is 10.1. The number of hydrogen-bond acceptors (Lipinski definition) is 5. The van der Waals surface area contributed by atoms with Gasteiger partial charge in [-0.2, -0.15) is 5.10 Å². The number of alkyl halides is 3. The topological polar surface area (TPSA) is 74.6 Å². The average Bonchev–Trinajstić information content (AvgIpc) is 3.26. The maximum absolute atomic E-state index is 12.7. The first kappa shape index (κ1) is 24.9. The second-order valence-electron chi connectivity index (χ2n) is 7.86. The summed E-state index contributed by atoms with van der Waals surface area (Å²) in [6.07, 6.45) is -2.55. The average molecular weight is 510 g/mol. The van der Waals surface area contributed by atoms with Crippen LogP contribution in [0.4, 0.5) is 13.2 Å². The first-order valence-electron chi connectivity index (χ1n) is 10.9. The minimum atomic E-state index is -4.92. The number of methoxy groups -OCH3 is 1. The van der Waals surface area contributed by atoms with Gasteiger partial charge in [-0.25, -0.2) is 4.68 Å². The third-order valence-corrected chi connectivity index (χ3v) is 5.67. The highest BCUT2D eigenvalue weighted by molar-refractivity contribution is 6.31. The zero-order valence-electron chi connectivity index (χ0n) is 18.8. The predicted octanol–water partition coefficient (Wildman–Crippen LogP) is 5.74. The lowest BCUT2D eigenvalue weighted by Gasteiger charge is -2.25. The minimum Gasteiger partial charge on any atom is -0.496 e. The number of rotatable bonds is 7. The second kappa shape index (κ2) is 10.6. The van der Waals surface area contributed by atoms with Crippen LogP contribution in [-0.4, -0.2) is 35.8 Å². The van der Waals surface area contributed by atoms with Gasteiger partial charge in [0.25, 0.3) is 5.91 Å². The Morgan fingerprint density at radius 2 is 2.00 bits per heavy atom. The lowest BCUT2D eigenvalue weighted by molar-refractivity contribution is -0.274. The van der Waals surface area contributed by atoms with E-state index in [4.69, 9.17) is 21.1 Å². The predicted molar refractivity (Wildman–Crippen MR) is 122 cm³/mol. The molecule has 1 unspecified atom stereocenters. The Hall–Kier alpha value is -3.24. The first-order valence-corrected chi connectivity index (χ1v) is 11.3. The van der Waals surface area contributed by atoms with Gasteiger partial charge in [-0.3, -0.25) is 4.79 Å². The normalized spacial score (nSPS) is 16.1. The highest BCUT2D eigenvalue weighted by atomic mass is 35.5. The Balaban J connectivity index is 1.61. The minimum absolute atomic E-state index is 0.0329. The van der Waals surface area contributed by atoms with Crippen LogP contribution >= 0.6 is 11.6 Å². The van der Waals surface area contributed by atoms with Crippen LogP contribution in [0.5, 0.6) is 11.5 Å². The molecule has 186 valence electrons. The molecule has 35 heavy (non-hydrogen) atoms. The van der Waals surface area contributed by atoms with E-state index in [0.29, 0.717) is 34.3 Å². The van der Waals surface area contributed by atoms with Crippen LogP contribution in [-0.2, 0) is 11.3 Å². The van der Waals surface area contributed by atoms with E-state index in [1.54, 1.807) is 36.1 Å². The molecule has 1 fully saturated rings. The van der Waals surface area contributed by atoms with E-state index < -0.39 is 18.0 Å².